The quantitative estimate of drug-likeness (QED) is 0.646. The van der Waals surface area contributed by atoms with Crippen LogP contribution >= 0.6 is 0 Å². The lowest BCUT2D eigenvalue weighted by Crippen LogP contribution is -1.85. The molecule has 0 fully saturated rings. The van der Waals surface area contributed by atoms with Crippen LogP contribution in [-0.2, 0) is 6.42 Å². The van der Waals surface area contributed by atoms with Gasteiger partial charge in [-0.25, -0.2) is 0 Å². The van der Waals surface area contributed by atoms with E-state index in [0.29, 0.717) is 0 Å². The summed E-state index contributed by atoms with van der Waals surface area (Å²) in [6.07, 6.45) is 2.91. The third-order valence-electron chi connectivity index (χ3n) is 3.52. The number of benzene rings is 2. The summed E-state index contributed by atoms with van der Waals surface area (Å²) in [5.41, 5.74) is 6.02. The highest BCUT2D eigenvalue weighted by Crippen LogP contribution is 2.25. The van der Waals surface area contributed by atoms with Crippen LogP contribution in [0.25, 0.3) is 22.4 Å². The number of nitrogens with zero attached hydrogens (tertiary/aromatic N) is 1. The zero-order valence-corrected chi connectivity index (χ0v) is 11.6. The van der Waals surface area contributed by atoms with Crippen molar-refractivity contribution < 1.29 is 0 Å². The van der Waals surface area contributed by atoms with Gasteiger partial charge >= 0.3 is 0 Å². The van der Waals surface area contributed by atoms with Crippen LogP contribution in [0.15, 0.2) is 72.9 Å². The van der Waals surface area contributed by atoms with Crippen LogP contribution in [0.1, 0.15) is 12.5 Å². The summed E-state index contributed by atoms with van der Waals surface area (Å²) < 4.78 is 0. The van der Waals surface area contributed by atoms with Crippen LogP contribution in [-0.4, -0.2) is 4.98 Å². The Balaban J connectivity index is 1.98. The minimum Gasteiger partial charge on any atom is -0.256 e. The molecule has 0 saturated heterocycles. The van der Waals surface area contributed by atoms with Crippen molar-refractivity contribution in [3.05, 3.63) is 78.5 Å². The first-order valence-electron chi connectivity index (χ1n) is 6.97. The zero-order chi connectivity index (χ0) is 13.8. The summed E-state index contributed by atoms with van der Waals surface area (Å²) in [6.45, 7) is 2.18. The van der Waals surface area contributed by atoms with Crippen molar-refractivity contribution in [1.82, 2.24) is 4.98 Å². The summed E-state index contributed by atoms with van der Waals surface area (Å²) in [5.74, 6) is 0. The molecule has 0 atom stereocenters. The highest BCUT2D eigenvalue weighted by molar-refractivity contribution is 5.71. The molecule has 0 radical (unpaired) electrons. The molecule has 0 unspecified atom stereocenters. The lowest BCUT2D eigenvalue weighted by atomic mass is 10.00. The Morgan fingerprint density at radius 1 is 0.750 bits per heavy atom. The second kappa shape index (κ2) is 5.70. The van der Waals surface area contributed by atoms with Crippen molar-refractivity contribution >= 4 is 0 Å². The lowest BCUT2D eigenvalue weighted by molar-refractivity contribution is 1.14. The number of aryl methyl sites for hydroxylation is 1. The summed E-state index contributed by atoms with van der Waals surface area (Å²) in [6, 6.07) is 23.3. The predicted molar refractivity (Wildman–Crippen MR) is 84.5 cm³/mol. The second-order valence-electron chi connectivity index (χ2n) is 4.85. The minimum absolute atomic E-state index is 1.01. The van der Waals surface area contributed by atoms with Crippen molar-refractivity contribution in [2.75, 3.05) is 0 Å². The van der Waals surface area contributed by atoms with Gasteiger partial charge in [0.1, 0.15) is 0 Å². The molecule has 1 heteroatoms. The van der Waals surface area contributed by atoms with Crippen LogP contribution in [0.3, 0.4) is 0 Å². The average Bonchev–Trinajstić information content (AvgIpc) is 2.56. The van der Waals surface area contributed by atoms with Crippen molar-refractivity contribution in [3.63, 3.8) is 0 Å². The van der Waals surface area contributed by atoms with Gasteiger partial charge in [0.05, 0.1) is 5.69 Å². The molecule has 0 N–H and O–H groups in total. The van der Waals surface area contributed by atoms with E-state index in [-0.39, 0.29) is 0 Å². The van der Waals surface area contributed by atoms with Crippen LogP contribution < -0.4 is 0 Å². The Kier molecular flexibility index (Phi) is 3.60. The molecular formula is C19H17N. The number of hydrogen-bond acceptors (Lipinski definition) is 1. The third-order valence-corrected chi connectivity index (χ3v) is 3.52. The van der Waals surface area contributed by atoms with E-state index in [1.54, 1.807) is 0 Å². The van der Waals surface area contributed by atoms with E-state index in [4.69, 9.17) is 0 Å². The fourth-order valence-corrected chi connectivity index (χ4v) is 2.32. The Morgan fingerprint density at radius 3 is 2.25 bits per heavy atom. The van der Waals surface area contributed by atoms with Crippen molar-refractivity contribution in [2.45, 2.75) is 13.3 Å². The highest BCUT2D eigenvalue weighted by atomic mass is 14.7. The maximum absolute atomic E-state index is 4.41. The summed E-state index contributed by atoms with van der Waals surface area (Å²) in [7, 11) is 0. The molecule has 0 aliphatic carbocycles. The van der Waals surface area contributed by atoms with Gasteiger partial charge in [-0.3, -0.25) is 4.98 Å². The summed E-state index contributed by atoms with van der Waals surface area (Å²) in [4.78, 5) is 4.41. The maximum atomic E-state index is 4.41. The molecule has 1 aromatic heterocycles. The number of rotatable bonds is 3. The SMILES string of the molecule is CCc1ccc(-c2cccc(-c3ccccn3)c2)cc1. The smallest absolute Gasteiger partial charge is 0.0702 e. The molecule has 1 heterocycles. The van der Waals surface area contributed by atoms with Gasteiger partial charge in [0, 0.05) is 11.8 Å². The number of pyridine rings is 1. The molecule has 0 saturated carbocycles. The van der Waals surface area contributed by atoms with Gasteiger partial charge in [0.25, 0.3) is 0 Å². The Bertz CT molecular complexity index is 684. The van der Waals surface area contributed by atoms with Gasteiger partial charge in [0.2, 0.25) is 0 Å². The van der Waals surface area contributed by atoms with Crippen molar-refractivity contribution in [2.24, 2.45) is 0 Å². The van der Waals surface area contributed by atoms with Crippen LogP contribution in [0.5, 0.6) is 0 Å². The largest absolute Gasteiger partial charge is 0.256 e. The second-order valence-corrected chi connectivity index (χ2v) is 4.85. The highest BCUT2D eigenvalue weighted by Gasteiger charge is 2.02. The van der Waals surface area contributed by atoms with E-state index in [1.165, 1.54) is 16.7 Å². The van der Waals surface area contributed by atoms with Gasteiger partial charge in [-0.1, -0.05) is 55.5 Å². The standard InChI is InChI=1S/C19H17N/c1-2-15-9-11-16(12-10-15)17-6-5-7-18(14-17)19-8-3-4-13-20-19/h3-14H,2H2,1H3. The lowest BCUT2D eigenvalue weighted by Gasteiger charge is -2.06. The van der Waals surface area contributed by atoms with E-state index in [1.807, 2.05) is 24.4 Å². The molecule has 0 amide bonds. The average molecular weight is 259 g/mol. The normalized spacial score (nSPS) is 10.4. The minimum atomic E-state index is 1.01. The zero-order valence-electron chi connectivity index (χ0n) is 11.6. The fraction of sp³-hybridized carbons (Fsp3) is 0.105. The molecule has 20 heavy (non-hydrogen) atoms. The first-order chi connectivity index (χ1) is 9.86. The van der Waals surface area contributed by atoms with Crippen LogP contribution in [0, 0.1) is 0 Å². The molecule has 1 nitrogen and oxygen atoms in total. The molecule has 2 aromatic carbocycles. The van der Waals surface area contributed by atoms with Gasteiger partial charge in [-0.15, -0.1) is 0 Å². The van der Waals surface area contributed by atoms with Gasteiger partial charge in [0.15, 0.2) is 0 Å². The first kappa shape index (κ1) is 12.6. The molecule has 3 aromatic rings. The van der Waals surface area contributed by atoms with Crippen LogP contribution in [0.4, 0.5) is 0 Å². The van der Waals surface area contributed by atoms with Gasteiger partial charge in [-0.05, 0) is 41.3 Å². The number of aromatic nitrogens is 1. The maximum Gasteiger partial charge on any atom is 0.0702 e. The topological polar surface area (TPSA) is 12.9 Å². The van der Waals surface area contributed by atoms with E-state index in [0.717, 1.165) is 17.7 Å². The van der Waals surface area contributed by atoms with Crippen molar-refractivity contribution in [3.8, 4) is 22.4 Å². The van der Waals surface area contributed by atoms with E-state index in [9.17, 15) is 0 Å². The monoisotopic (exact) mass is 259 g/mol. The molecular weight excluding hydrogens is 242 g/mol. The van der Waals surface area contributed by atoms with Crippen molar-refractivity contribution in [1.29, 1.82) is 0 Å². The fourth-order valence-electron chi connectivity index (χ4n) is 2.32. The molecule has 0 bridgehead atoms. The van der Waals surface area contributed by atoms with E-state index >= 15 is 0 Å². The molecule has 0 spiro atoms. The molecule has 98 valence electrons. The summed E-state index contributed by atoms with van der Waals surface area (Å²) >= 11 is 0. The molecule has 0 aliphatic heterocycles. The Morgan fingerprint density at radius 2 is 1.55 bits per heavy atom. The first-order valence-corrected chi connectivity index (χ1v) is 6.97. The van der Waals surface area contributed by atoms with E-state index in [2.05, 4.69) is 60.4 Å². The van der Waals surface area contributed by atoms with Gasteiger partial charge < -0.3 is 0 Å². The van der Waals surface area contributed by atoms with E-state index < -0.39 is 0 Å². The Labute approximate surface area is 119 Å². The molecule has 3 rings (SSSR count). The molecule has 0 aliphatic rings. The Hall–Kier alpha value is -2.41. The third kappa shape index (κ3) is 2.62. The summed E-state index contributed by atoms with van der Waals surface area (Å²) in [5, 5.41) is 0. The predicted octanol–water partition coefficient (Wildman–Crippen LogP) is 4.98. The van der Waals surface area contributed by atoms with Crippen LogP contribution in [0.2, 0.25) is 0 Å². The van der Waals surface area contributed by atoms with Gasteiger partial charge in [-0.2, -0.15) is 0 Å². The number of hydrogen-bond donors (Lipinski definition) is 0.